The molecule has 3 nitrogen and oxygen atoms in total. The number of hydrogen-bond acceptors (Lipinski definition) is 2. The van der Waals surface area contributed by atoms with Crippen LogP contribution < -0.4 is 5.32 Å². The number of anilines is 1. The number of rotatable bonds is 2. The molecule has 5 heteroatoms. The van der Waals surface area contributed by atoms with Gasteiger partial charge in [-0.15, -0.1) is 11.6 Å². The van der Waals surface area contributed by atoms with Crippen molar-refractivity contribution in [3.05, 3.63) is 28.2 Å². The van der Waals surface area contributed by atoms with Crippen molar-refractivity contribution in [3.8, 4) is 6.07 Å². The second-order valence-corrected chi connectivity index (χ2v) is 3.61. The maximum Gasteiger partial charge on any atom is 0.239 e. The Morgan fingerprint density at radius 1 is 1.64 bits per heavy atom. The Balaban J connectivity index is 2.96. The molecular weight excluding hydrogens is 267 g/mol. The van der Waals surface area contributed by atoms with Crippen molar-refractivity contribution < 1.29 is 4.79 Å². The summed E-state index contributed by atoms with van der Waals surface area (Å²) in [5, 5.41) is 11.2. The van der Waals surface area contributed by atoms with Gasteiger partial charge in [0.1, 0.15) is 5.88 Å². The fourth-order valence-corrected chi connectivity index (χ4v) is 1.29. The van der Waals surface area contributed by atoms with Crippen molar-refractivity contribution in [1.82, 2.24) is 0 Å². The largest absolute Gasteiger partial charge is 0.324 e. The standard InChI is InChI=1S/C9H6BrClN2O/c10-7-2-1-6(5-12)3-8(7)13-9(14)4-11/h1-3H,4H2,(H,13,14). The molecule has 0 aliphatic rings. The second-order valence-electron chi connectivity index (χ2n) is 2.49. The van der Waals surface area contributed by atoms with E-state index in [1.807, 2.05) is 6.07 Å². The van der Waals surface area contributed by atoms with Gasteiger partial charge in [0.15, 0.2) is 0 Å². The number of nitrogens with zero attached hydrogens (tertiary/aromatic N) is 1. The van der Waals surface area contributed by atoms with Crippen molar-refractivity contribution in [1.29, 1.82) is 5.26 Å². The van der Waals surface area contributed by atoms with Crippen LogP contribution in [0.1, 0.15) is 5.56 Å². The van der Waals surface area contributed by atoms with E-state index in [4.69, 9.17) is 16.9 Å². The maximum absolute atomic E-state index is 11.0. The van der Waals surface area contributed by atoms with Crippen LogP contribution in [0.2, 0.25) is 0 Å². The Kier molecular flexibility index (Phi) is 3.93. The molecule has 1 amide bonds. The van der Waals surface area contributed by atoms with Gasteiger partial charge < -0.3 is 5.32 Å². The molecule has 0 radical (unpaired) electrons. The lowest BCUT2D eigenvalue weighted by Gasteiger charge is -2.05. The van der Waals surface area contributed by atoms with Gasteiger partial charge >= 0.3 is 0 Å². The van der Waals surface area contributed by atoms with Crippen molar-refractivity contribution >= 4 is 39.1 Å². The third-order valence-corrected chi connectivity index (χ3v) is 2.43. The molecule has 14 heavy (non-hydrogen) atoms. The van der Waals surface area contributed by atoms with Crippen molar-refractivity contribution in [2.24, 2.45) is 0 Å². The number of benzene rings is 1. The minimum absolute atomic E-state index is 0.108. The quantitative estimate of drug-likeness (QED) is 0.842. The van der Waals surface area contributed by atoms with Crippen LogP contribution in [-0.4, -0.2) is 11.8 Å². The first kappa shape index (κ1) is 11.0. The molecule has 0 aliphatic carbocycles. The van der Waals surface area contributed by atoms with E-state index in [0.29, 0.717) is 11.3 Å². The normalized spacial score (nSPS) is 9.21. The zero-order chi connectivity index (χ0) is 10.6. The van der Waals surface area contributed by atoms with Gasteiger partial charge in [-0.05, 0) is 34.1 Å². The molecule has 0 heterocycles. The predicted molar refractivity (Wildman–Crippen MR) is 58.2 cm³/mol. The fraction of sp³-hybridized carbons (Fsp3) is 0.111. The highest BCUT2D eigenvalue weighted by Gasteiger charge is 2.04. The number of carbonyl (C=O) groups is 1. The van der Waals surface area contributed by atoms with Gasteiger partial charge in [-0.3, -0.25) is 4.79 Å². The molecule has 0 atom stereocenters. The van der Waals surface area contributed by atoms with Gasteiger partial charge in [-0.25, -0.2) is 0 Å². The molecule has 72 valence electrons. The van der Waals surface area contributed by atoms with E-state index in [1.165, 1.54) is 0 Å². The Labute approximate surface area is 94.8 Å². The molecule has 0 fully saturated rings. The monoisotopic (exact) mass is 272 g/mol. The van der Waals surface area contributed by atoms with E-state index in [0.717, 1.165) is 4.47 Å². The summed E-state index contributed by atoms with van der Waals surface area (Å²) in [4.78, 5) is 11.0. The number of nitriles is 1. The lowest BCUT2D eigenvalue weighted by molar-refractivity contribution is -0.113. The highest BCUT2D eigenvalue weighted by atomic mass is 79.9. The molecule has 0 unspecified atom stereocenters. The zero-order valence-electron chi connectivity index (χ0n) is 7.05. The molecule has 1 N–H and O–H groups in total. The first-order chi connectivity index (χ1) is 6.67. The van der Waals surface area contributed by atoms with Crippen molar-refractivity contribution in [2.45, 2.75) is 0 Å². The summed E-state index contributed by atoms with van der Waals surface area (Å²) in [6.07, 6.45) is 0. The summed E-state index contributed by atoms with van der Waals surface area (Å²) in [6.45, 7) is 0. The molecule has 0 bridgehead atoms. The second kappa shape index (κ2) is 4.99. The van der Waals surface area contributed by atoms with Crippen molar-refractivity contribution in [2.75, 3.05) is 11.2 Å². The average Bonchev–Trinajstić information content (AvgIpc) is 2.21. The molecule has 0 aromatic heterocycles. The summed E-state index contributed by atoms with van der Waals surface area (Å²) >= 11 is 8.59. The Morgan fingerprint density at radius 2 is 2.36 bits per heavy atom. The SMILES string of the molecule is N#Cc1ccc(Br)c(NC(=O)CCl)c1. The van der Waals surface area contributed by atoms with Gasteiger partial charge in [-0.1, -0.05) is 0 Å². The lowest BCUT2D eigenvalue weighted by Crippen LogP contribution is -2.12. The smallest absolute Gasteiger partial charge is 0.239 e. The molecule has 0 saturated carbocycles. The number of amides is 1. The van der Waals surface area contributed by atoms with Crippen LogP contribution in [-0.2, 0) is 4.79 Å². The number of halogens is 2. The van der Waals surface area contributed by atoms with E-state index < -0.39 is 0 Å². The third kappa shape index (κ3) is 2.72. The van der Waals surface area contributed by atoms with Gasteiger partial charge in [0.05, 0.1) is 17.3 Å². The molecule has 0 spiro atoms. The average molecular weight is 274 g/mol. The van der Waals surface area contributed by atoms with Crippen LogP contribution in [0.4, 0.5) is 5.69 Å². The van der Waals surface area contributed by atoms with Crippen LogP contribution in [0.5, 0.6) is 0 Å². The van der Waals surface area contributed by atoms with Crippen molar-refractivity contribution in [3.63, 3.8) is 0 Å². The maximum atomic E-state index is 11.0. The van der Waals surface area contributed by atoms with E-state index >= 15 is 0 Å². The third-order valence-electron chi connectivity index (χ3n) is 1.49. The first-order valence-electron chi connectivity index (χ1n) is 3.73. The number of carbonyl (C=O) groups excluding carboxylic acids is 1. The Bertz CT molecular complexity index is 400. The number of hydrogen-bond donors (Lipinski definition) is 1. The lowest BCUT2D eigenvalue weighted by atomic mass is 10.2. The van der Waals surface area contributed by atoms with Gasteiger partial charge in [0.25, 0.3) is 0 Å². The minimum Gasteiger partial charge on any atom is -0.324 e. The minimum atomic E-state index is -0.303. The molecule has 1 aromatic rings. The van der Waals surface area contributed by atoms with Crippen LogP contribution >= 0.6 is 27.5 Å². The van der Waals surface area contributed by atoms with Crippen LogP contribution in [0, 0.1) is 11.3 Å². The predicted octanol–water partition coefficient (Wildman–Crippen LogP) is 2.50. The highest BCUT2D eigenvalue weighted by Crippen LogP contribution is 2.23. The highest BCUT2D eigenvalue weighted by molar-refractivity contribution is 9.10. The topological polar surface area (TPSA) is 52.9 Å². The number of nitrogens with one attached hydrogen (secondary N) is 1. The Hall–Kier alpha value is -1.05. The van der Waals surface area contributed by atoms with Crippen LogP contribution in [0.3, 0.4) is 0 Å². The van der Waals surface area contributed by atoms with Gasteiger partial charge in [-0.2, -0.15) is 5.26 Å². The molecule has 1 aromatic carbocycles. The zero-order valence-corrected chi connectivity index (χ0v) is 9.39. The van der Waals surface area contributed by atoms with E-state index in [-0.39, 0.29) is 11.8 Å². The Morgan fingerprint density at radius 3 is 2.93 bits per heavy atom. The van der Waals surface area contributed by atoms with E-state index in [2.05, 4.69) is 21.2 Å². The summed E-state index contributed by atoms with van der Waals surface area (Å²) in [5.74, 6) is -0.411. The summed E-state index contributed by atoms with van der Waals surface area (Å²) < 4.78 is 0.718. The fourth-order valence-electron chi connectivity index (χ4n) is 0.874. The number of alkyl halides is 1. The summed E-state index contributed by atoms with van der Waals surface area (Å²) in [6, 6.07) is 6.91. The van der Waals surface area contributed by atoms with E-state index in [9.17, 15) is 4.79 Å². The van der Waals surface area contributed by atoms with Gasteiger partial charge in [0, 0.05) is 4.47 Å². The molecular formula is C9H6BrClN2O. The summed E-state index contributed by atoms with van der Waals surface area (Å²) in [5.41, 5.74) is 1.03. The molecule has 0 saturated heterocycles. The van der Waals surface area contributed by atoms with Crippen LogP contribution in [0.15, 0.2) is 22.7 Å². The van der Waals surface area contributed by atoms with E-state index in [1.54, 1.807) is 18.2 Å². The molecule has 0 aliphatic heterocycles. The van der Waals surface area contributed by atoms with Gasteiger partial charge in [0.2, 0.25) is 5.91 Å². The first-order valence-corrected chi connectivity index (χ1v) is 5.05. The van der Waals surface area contributed by atoms with Crippen LogP contribution in [0.25, 0.3) is 0 Å². The molecule has 1 rings (SSSR count). The summed E-state index contributed by atoms with van der Waals surface area (Å²) in [7, 11) is 0.